The van der Waals surface area contributed by atoms with E-state index in [2.05, 4.69) is 20.5 Å². The molecule has 2 aromatic rings. The Morgan fingerprint density at radius 1 is 1.25 bits per heavy atom. The van der Waals surface area contributed by atoms with Crippen molar-refractivity contribution < 1.29 is 18.7 Å². The van der Waals surface area contributed by atoms with E-state index in [1.807, 2.05) is 6.07 Å². The van der Waals surface area contributed by atoms with Gasteiger partial charge in [0.25, 0.3) is 0 Å². The average molecular weight is 388 g/mol. The highest BCUT2D eigenvalue weighted by atomic mass is 19.1. The molecule has 0 aliphatic carbocycles. The fourth-order valence-corrected chi connectivity index (χ4v) is 3.24. The second-order valence-corrected chi connectivity index (χ2v) is 6.82. The van der Waals surface area contributed by atoms with Crippen LogP contribution in [0.5, 0.6) is 0 Å². The maximum Gasteiger partial charge on any atom is 0.328 e. The van der Waals surface area contributed by atoms with Crippen LogP contribution in [0.25, 0.3) is 10.9 Å². The lowest BCUT2D eigenvalue weighted by molar-refractivity contribution is -0.144. The predicted octanol–water partition coefficient (Wildman–Crippen LogP) is 3.44. The van der Waals surface area contributed by atoms with Gasteiger partial charge < -0.3 is 20.3 Å². The van der Waals surface area contributed by atoms with Gasteiger partial charge in [-0.3, -0.25) is 0 Å². The molecule has 1 aliphatic rings. The number of rotatable bonds is 5. The first kappa shape index (κ1) is 19.9. The van der Waals surface area contributed by atoms with E-state index in [1.54, 1.807) is 19.1 Å². The number of hydrogen-bond acceptors (Lipinski definition) is 5. The number of nitrogens with one attached hydrogen (secondary N) is 2. The van der Waals surface area contributed by atoms with E-state index in [9.17, 15) is 14.0 Å². The lowest BCUT2D eigenvalue weighted by Gasteiger charge is -2.27. The highest BCUT2D eigenvalue weighted by Gasteiger charge is 2.18. The average Bonchev–Trinajstić information content (AvgIpc) is 2.68. The Morgan fingerprint density at radius 3 is 2.71 bits per heavy atom. The Kier molecular flexibility index (Phi) is 6.28. The first-order valence-corrected chi connectivity index (χ1v) is 9.57. The predicted molar refractivity (Wildman–Crippen MR) is 106 cm³/mol. The van der Waals surface area contributed by atoms with Gasteiger partial charge in [0.05, 0.1) is 6.61 Å². The van der Waals surface area contributed by atoms with Crippen LogP contribution in [0, 0.1) is 5.82 Å². The minimum absolute atomic E-state index is 0.231. The van der Waals surface area contributed by atoms with Gasteiger partial charge in [-0.2, -0.15) is 0 Å². The summed E-state index contributed by atoms with van der Waals surface area (Å²) in [5.74, 6) is -0.269. The highest BCUT2D eigenvalue weighted by Crippen LogP contribution is 2.26. The molecule has 2 amide bonds. The van der Waals surface area contributed by atoms with Gasteiger partial charge in [-0.25, -0.2) is 19.0 Å². The Labute approximate surface area is 163 Å². The highest BCUT2D eigenvalue weighted by molar-refractivity contribution is 5.95. The molecule has 2 N–H and O–H groups in total. The third-order valence-electron chi connectivity index (χ3n) is 4.66. The van der Waals surface area contributed by atoms with Crippen LogP contribution in [0.15, 0.2) is 24.3 Å². The van der Waals surface area contributed by atoms with E-state index in [1.165, 1.54) is 19.4 Å². The summed E-state index contributed by atoms with van der Waals surface area (Å²) in [6.45, 7) is 5.30. The standard InChI is InChI=1S/C20H25FN4O3/c1-3-28-19(26)13(2)22-20(27)23-15-11-14-7-8-17(24-18(14)16(21)12-15)25-9-5-4-6-10-25/h7-8,11-13H,3-6,9-10H2,1-2H3,(H2,22,23,27). The number of benzene rings is 1. The Morgan fingerprint density at radius 2 is 2.00 bits per heavy atom. The number of pyridine rings is 1. The number of carbonyl (C=O) groups is 2. The van der Waals surface area contributed by atoms with E-state index in [0.717, 1.165) is 31.7 Å². The van der Waals surface area contributed by atoms with Gasteiger partial charge in [0.2, 0.25) is 0 Å². The molecule has 0 spiro atoms. The van der Waals surface area contributed by atoms with Gasteiger partial charge in [-0.15, -0.1) is 0 Å². The largest absolute Gasteiger partial charge is 0.464 e. The molecule has 7 nitrogen and oxygen atoms in total. The molecular weight excluding hydrogens is 363 g/mol. The number of nitrogens with zero attached hydrogens (tertiary/aromatic N) is 2. The van der Waals surface area contributed by atoms with E-state index in [-0.39, 0.29) is 17.8 Å². The molecule has 1 aromatic heterocycles. The number of carbonyl (C=O) groups excluding carboxylic acids is 2. The Bertz CT molecular complexity index is 868. The van der Waals surface area contributed by atoms with Crippen LogP contribution in [0.4, 0.5) is 20.7 Å². The molecule has 1 unspecified atom stereocenters. The number of hydrogen-bond donors (Lipinski definition) is 2. The third kappa shape index (κ3) is 4.68. The van der Waals surface area contributed by atoms with Gasteiger partial charge >= 0.3 is 12.0 Å². The van der Waals surface area contributed by atoms with Gasteiger partial charge in [-0.1, -0.05) is 0 Å². The van der Waals surface area contributed by atoms with E-state index < -0.39 is 23.9 Å². The quantitative estimate of drug-likeness (QED) is 0.767. The molecule has 3 rings (SSSR count). The van der Waals surface area contributed by atoms with E-state index in [0.29, 0.717) is 5.39 Å². The summed E-state index contributed by atoms with van der Waals surface area (Å²) in [5, 5.41) is 5.60. The van der Waals surface area contributed by atoms with Crippen LogP contribution >= 0.6 is 0 Å². The maximum atomic E-state index is 14.6. The number of esters is 1. The van der Waals surface area contributed by atoms with Gasteiger partial charge in [0, 0.05) is 24.2 Å². The topological polar surface area (TPSA) is 83.6 Å². The smallest absolute Gasteiger partial charge is 0.328 e. The number of piperidine rings is 1. The number of anilines is 2. The number of amides is 2. The molecule has 0 saturated carbocycles. The first-order valence-electron chi connectivity index (χ1n) is 9.57. The summed E-state index contributed by atoms with van der Waals surface area (Å²) >= 11 is 0. The number of fused-ring (bicyclic) bond motifs is 1. The van der Waals surface area contributed by atoms with Gasteiger partial charge in [0.1, 0.15) is 17.4 Å². The number of aromatic nitrogens is 1. The van der Waals surface area contributed by atoms with Crippen molar-refractivity contribution in [2.75, 3.05) is 29.9 Å². The van der Waals surface area contributed by atoms with Crippen molar-refractivity contribution in [3.8, 4) is 0 Å². The zero-order chi connectivity index (χ0) is 20.1. The molecule has 0 radical (unpaired) electrons. The molecule has 2 heterocycles. The zero-order valence-corrected chi connectivity index (χ0v) is 16.1. The van der Waals surface area contributed by atoms with Crippen molar-refractivity contribution in [2.24, 2.45) is 0 Å². The minimum atomic E-state index is -0.806. The molecule has 8 heteroatoms. The maximum absolute atomic E-state index is 14.6. The van der Waals surface area contributed by atoms with E-state index >= 15 is 0 Å². The van der Waals surface area contributed by atoms with Crippen LogP contribution in [-0.2, 0) is 9.53 Å². The second-order valence-electron chi connectivity index (χ2n) is 6.82. The lowest BCUT2D eigenvalue weighted by Crippen LogP contribution is -2.41. The molecule has 1 aromatic carbocycles. The zero-order valence-electron chi connectivity index (χ0n) is 16.1. The summed E-state index contributed by atoms with van der Waals surface area (Å²) in [6, 6.07) is 5.14. The Hall–Kier alpha value is -2.90. The van der Waals surface area contributed by atoms with Crippen LogP contribution in [0.2, 0.25) is 0 Å². The normalized spacial score (nSPS) is 15.2. The van der Waals surface area contributed by atoms with Gasteiger partial charge in [0.15, 0.2) is 5.82 Å². The number of halogens is 1. The SMILES string of the molecule is CCOC(=O)C(C)NC(=O)Nc1cc(F)c2nc(N3CCCCC3)ccc2c1. The molecule has 1 saturated heterocycles. The monoisotopic (exact) mass is 388 g/mol. The molecule has 1 fully saturated rings. The summed E-state index contributed by atoms with van der Waals surface area (Å²) in [7, 11) is 0. The van der Waals surface area contributed by atoms with Crippen molar-refractivity contribution >= 4 is 34.4 Å². The third-order valence-corrected chi connectivity index (χ3v) is 4.66. The van der Waals surface area contributed by atoms with Crippen molar-refractivity contribution in [3.05, 3.63) is 30.1 Å². The molecule has 1 atom stereocenters. The number of ether oxygens (including phenoxy) is 1. The molecular formula is C20H25FN4O3. The minimum Gasteiger partial charge on any atom is -0.464 e. The second kappa shape index (κ2) is 8.86. The van der Waals surface area contributed by atoms with Crippen molar-refractivity contribution in [1.29, 1.82) is 0 Å². The summed E-state index contributed by atoms with van der Waals surface area (Å²) in [4.78, 5) is 30.3. The first-order chi connectivity index (χ1) is 13.5. The molecule has 28 heavy (non-hydrogen) atoms. The van der Waals surface area contributed by atoms with Crippen molar-refractivity contribution in [1.82, 2.24) is 10.3 Å². The van der Waals surface area contributed by atoms with Crippen LogP contribution in [0.1, 0.15) is 33.1 Å². The Balaban J connectivity index is 1.72. The van der Waals surface area contributed by atoms with E-state index in [4.69, 9.17) is 4.74 Å². The van der Waals surface area contributed by atoms with Crippen LogP contribution < -0.4 is 15.5 Å². The lowest BCUT2D eigenvalue weighted by atomic mass is 10.1. The fraction of sp³-hybridized carbons (Fsp3) is 0.450. The molecule has 1 aliphatic heterocycles. The van der Waals surface area contributed by atoms with Crippen LogP contribution in [0.3, 0.4) is 0 Å². The number of urea groups is 1. The summed E-state index contributed by atoms with van der Waals surface area (Å²) in [5.41, 5.74) is 0.556. The fourth-order valence-electron chi connectivity index (χ4n) is 3.24. The molecule has 0 bridgehead atoms. The van der Waals surface area contributed by atoms with Crippen molar-refractivity contribution in [3.63, 3.8) is 0 Å². The van der Waals surface area contributed by atoms with Gasteiger partial charge in [-0.05, 0) is 57.4 Å². The molecule has 150 valence electrons. The summed E-state index contributed by atoms with van der Waals surface area (Å²) in [6.07, 6.45) is 3.44. The van der Waals surface area contributed by atoms with Crippen molar-refractivity contribution in [2.45, 2.75) is 39.2 Å². The van der Waals surface area contributed by atoms with Crippen LogP contribution in [-0.4, -0.2) is 42.7 Å². The summed E-state index contributed by atoms with van der Waals surface area (Å²) < 4.78 is 19.4.